The Kier molecular flexibility index (Phi) is 44.4. The molecule has 8 N–H and O–H groups in total. The van der Waals surface area contributed by atoms with Crippen molar-refractivity contribution in [2.75, 3.05) is 160 Å². The van der Waals surface area contributed by atoms with Gasteiger partial charge in [0.25, 0.3) is 0 Å². The Balaban J connectivity index is 0.000000250. The number of hydrogen-bond donors (Lipinski definition) is 8. The van der Waals surface area contributed by atoms with Gasteiger partial charge in [-0.1, -0.05) is 111 Å². The molecule has 6 aliphatic rings. The fourth-order valence-corrected chi connectivity index (χ4v) is 15.8. The quantitative estimate of drug-likeness (QED) is 0.0208. The standard InChI is InChI=1S/C27H42ClN3O5.C27H43N3O5.C26H42N4O5.CH4O/c1-3-6-24(17-20-10-14-35-15-11-20)30-26(32)31-13-5-8-22(19-31)25(21-7-4-9-23(28)18-21)36-16-12-29-27(33)34-2;1-3-8-24(19-21-12-16-34-17-13-21)29-26(31)30-15-7-11-23(20-30)25(22-9-5-4-6-10-22)35-18-14-28-27(32)33-2;1-27-18-23(17-20-10-14-34-15-11-20)29-25(31)30-13-6-9-22(19-30)24(21-7-4-3-5-8-21)35-16-12-28-26(32)33-2;1-2/h4,7,9,18,20,22,24-25H,3,5-6,8,10-17,19H2,1-2H3,(H,29,33)(H,30,32);4-6,9-10,21,23-25H,3,7-8,11-20H2,1-2H3,(H,28,32)(H,29,31);3-5,7-8,20,22-24,27H,6,9-19H2,1-2H3,(H,28,32)(H,29,31);2H,1H3/t22-,24-,25+;23-,24-,25+;22-,23+,24+;/m111./s1. The van der Waals surface area contributed by atoms with Crippen LogP contribution < -0.4 is 37.2 Å². The molecule has 6 heterocycles. The average molecular weight is 1540 g/mol. The number of rotatable bonds is 33. The lowest BCUT2D eigenvalue weighted by atomic mass is 9.88. The van der Waals surface area contributed by atoms with Crippen LogP contribution in [0.2, 0.25) is 5.02 Å². The Morgan fingerprint density at radius 1 is 0.463 bits per heavy atom. The molecular formula is C81H131ClN10O16. The van der Waals surface area contributed by atoms with Gasteiger partial charge in [0, 0.05) is 153 Å². The van der Waals surface area contributed by atoms with Crippen LogP contribution in [0.1, 0.15) is 171 Å². The first kappa shape index (κ1) is 90.1. The first-order valence-corrected chi connectivity index (χ1v) is 40.2. The van der Waals surface area contributed by atoms with E-state index in [1.54, 1.807) is 0 Å². The van der Waals surface area contributed by atoms with Crippen LogP contribution in [0.3, 0.4) is 0 Å². The molecule has 9 atom stereocenters. The number of hydrogen-bond acceptors (Lipinski definition) is 17. The first-order chi connectivity index (χ1) is 52.7. The van der Waals surface area contributed by atoms with Crippen molar-refractivity contribution in [2.24, 2.45) is 35.5 Å². The molecule has 6 saturated heterocycles. The fraction of sp³-hybridized carbons (Fsp3) is 0.704. The molecule has 608 valence electrons. The van der Waals surface area contributed by atoms with E-state index in [1.165, 1.54) is 21.3 Å². The highest BCUT2D eigenvalue weighted by Crippen LogP contribution is 2.37. The molecule has 3 aromatic carbocycles. The number of alkyl carbamates (subject to hydrolysis) is 3. The van der Waals surface area contributed by atoms with Crippen molar-refractivity contribution in [3.63, 3.8) is 0 Å². The number of likely N-dealkylation sites (tertiary alicyclic amines) is 3. The van der Waals surface area contributed by atoms with Gasteiger partial charge in [-0.15, -0.1) is 0 Å². The Morgan fingerprint density at radius 3 is 1.11 bits per heavy atom. The predicted octanol–water partition coefficient (Wildman–Crippen LogP) is 12.2. The first-order valence-electron chi connectivity index (χ1n) is 39.8. The predicted molar refractivity (Wildman–Crippen MR) is 418 cm³/mol. The number of aliphatic hydroxyl groups is 1. The van der Waals surface area contributed by atoms with E-state index in [0.717, 1.165) is 212 Å². The summed E-state index contributed by atoms with van der Waals surface area (Å²) in [7, 11) is 6.95. The average Bonchev–Trinajstić information content (AvgIpc) is 0.842. The molecule has 3 aromatic rings. The second-order valence-electron chi connectivity index (χ2n) is 29.0. The van der Waals surface area contributed by atoms with Gasteiger partial charge in [0.05, 0.1) is 59.5 Å². The normalized spacial score (nSPS) is 20.2. The maximum atomic E-state index is 13.3. The summed E-state index contributed by atoms with van der Waals surface area (Å²) in [5.41, 5.74) is 3.17. The number of amides is 9. The van der Waals surface area contributed by atoms with Gasteiger partial charge >= 0.3 is 36.4 Å². The topological polar surface area (TPSA) is 300 Å². The maximum absolute atomic E-state index is 13.3. The molecule has 108 heavy (non-hydrogen) atoms. The minimum Gasteiger partial charge on any atom is -0.453 e. The molecule has 0 aromatic heterocycles. The highest BCUT2D eigenvalue weighted by atomic mass is 35.5. The summed E-state index contributed by atoms with van der Waals surface area (Å²) < 4.78 is 49.2. The van der Waals surface area contributed by atoms with Crippen LogP contribution in [-0.4, -0.2) is 235 Å². The van der Waals surface area contributed by atoms with Gasteiger partial charge in [-0.2, -0.15) is 0 Å². The van der Waals surface area contributed by atoms with Gasteiger partial charge in [-0.25, -0.2) is 28.8 Å². The number of carbonyl (C=O) groups is 6. The number of urea groups is 3. The Hall–Kier alpha value is -6.75. The smallest absolute Gasteiger partial charge is 0.406 e. The van der Waals surface area contributed by atoms with E-state index in [-0.39, 0.29) is 72.3 Å². The SMILES string of the molecule is CCC[C@H](CC1CCOCC1)NC(=O)N1CCC[C@@H]([C@@H](OCCNC(=O)OC)c2cccc(Cl)c2)C1.CCC[C@H](CC1CCOCC1)NC(=O)N1CCC[C@@H]([C@@H](OCCNC(=O)OC)c2ccccc2)C1.CNC[C@H](CC1CCOCC1)NC(=O)N1CCC[C@@H]([C@@H](OCCNC(=O)OC)c2ccccc2)C1.CO. The van der Waals surface area contributed by atoms with Gasteiger partial charge in [-0.3, -0.25) is 0 Å². The van der Waals surface area contributed by atoms with Crippen LogP contribution in [0.5, 0.6) is 0 Å². The number of aliphatic hydroxyl groups excluding tert-OH is 1. The molecule has 0 unspecified atom stereocenters. The molecule has 0 aliphatic carbocycles. The second-order valence-corrected chi connectivity index (χ2v) is 29.4. The minimum atomic E-state index is -0.485. The zero-order valence-corrected chi connectivity index (χ0v) is 66.4. The molecule has 9 rings (SSSR count). The van der Waals surface area contributed by atoms with E-state index in [1.807, 2.05) is 82.4 Å². The van der Waals surface area contributed by atoms with Crippen LogP contribution in [0.4, 0.5) is 28.8 Å². The van der Waals surface area contributed by atoms with E-state index >= 15 is 0 Å². The third kappa shape index (κ3) is 33.4. The third-order valence-electron chi connectivity index (χ3n) is 21.1. The lowest BCUT2D eigenvalue weighted by molar-refractivity contribution is -0.00879. The lowest BCUT2D eigenvalue weighted by Gasteiger charge is -2.38. The summed E-state index contributed by atoms with van der Waals surface area (Å²) in [5.74, 6) is 2.32. The fourth-order valence-electron chi connectivity index (χ4n) is 15.6. The summed E-state index contributed by atoms with van der Waals surface area (Å²) in [6.45, 7) is 16.4. The molecule has 0 spiro atoms. The summed E-state index contributed by atoms with van der Waals surface area (Å²) in [4.78, 5) is 79.8. The summed E-state index contributed by atoms with van der Waals surface area (Å²) in [5, 5.41) is 28.8. The van der Waals surface area contributed by atoms with E-state index in [9.17, 15) is 28.8 Å². The van der Waals surface area contributed by atoms with Crippen LogP contribution >= 0.6 is 11.6 Å². The lowest BCUT2D eigenvalue weighted by Crippen LogP contribution is -2.52. The Bertz CT molecular complexity index is 2830. The van der Waals surface area contributed by atoms with Crippen molar-refractivity contribution >= 4 is 48.0 Å². The zero-order chi connectivity index (χ0) is 77.5. The Morgan fingerprint density at radius 2 is 0.787 bits per heavy atom. The number of halogens is 1. The van der Waals surface area contributed by atoms with Crippen LogP contribution in [0.15, 0.2) is 84.9 Å². The largest absolute Gasteiger partial charge is 0.453 e. The number of ether oxygens (including phenoxy) is 9. The van der Waals surface area contributed by atoms with E-state index in [0.29, 0.717) is 81.9 Å². The number of carbonyl (C=O) groups excluding carboxylic acids is 6. The summed E-state index contributed by atoms with van der Waals surface area (Å²) in [6.07, 6.45) is 17.3. The van der Waals surface area contributed by atoms with Gasteiger partial charge in [0.1, 0.15) is 0 Å². The molecule has 27 heteroatoms. The van der Waals surface area contributed by atoms with E-state index < -0.39 is 18.3 Å². The molecule has 0 saturated carbocycles. The summed E-state index contributed by atoms with van der Waals surface area (Å²) in [6, 6.07) is 28.5. The van der Waals surface area contributed by atoms with Crippen LogP contribution in [-0.2, 0) is 42.6 Å². The number of likely N-dealkylation sites (N-methyl/N-ethyl adjacent to an activating group) is 1. The maximum Gasteiger partial charge on any atom is 0.406 e. The van der Waals surface area contributed by atoms with Crippen molar-refractivity contribution in [3.05, 3.63) is 107 Å². The second kappa shape index (κ2) is 53.2. The van der Waals surface area contributed by atoms with Crippen molar-refractivity contribution in [2.45, 2.75) is 172 Å². The Labute approximate surface area is 648 Å². The number of piperidine rings is 3. The van der Waals surface area contributed by atoms with Crippen LogP contribution in [0.25, 0.3) is 0 Å². The number of methoxy groups -OCH3 is 3. The minimum absolute atomic E-state index is 0.00109. The molecule has 6 fully saturated rings. The van der Waals surface area contributed by atoms with Crippen molar-refractivity contribution in [1.82, 2.24) is 51.9 Å². The third-order valence-corrected chi connectivity index (χ3v) is 21.3. The van der Waals surface area contributed by atoms with Gasteiger partial charge in [0.2, 0.25) is 0 Å². The molecule has 9 amide bonds. The van der Waals surface area contributed by atoms with Crippen LogP contribution in [0, 0.1) is 35.5 Å². The van der Waals surface area contributed by atoms with Crippen molar-refractivity contribution in [3.8, 4) is 0 Å². The van der Waals surface area contributed by atoms with E-state index in [4.69, 9.17) is 45.1 Å². The van der Waals surface area contributed by atoms with Crippen molar-refractivity contribution < 1.29 is 76.5 Å². The molecule has 6 aliphatic heterocycles. The highest BCUT2D eigenvalue weighted by Gasteiger charge is 2.36. The number of nitrogens with one attached hydrogen (secondary N) is 7. The van der Waals surface area contributed by atoms with Gasteiger partial charge in [0.15, 0.2) is 0 Å². The summed E-state index contributed by atoms with van der Waals surface area (Å²) >= 11 is 6.28. The highest BCUT2D eigenvalue weighted by molar-refractivity contribution is 6.30. The van der Waals surface area contributed by atoms with Crippen molar-refractivity contribution in [1.29, 1.82) is 0 Å². The number of nitrogens with zero attached hydrogens (tertiary/aromatic N) is 3. The van der Waals surface area contributed by atoms with Gasteiger partial charge < -0.3 is 99.7 Å². The van der Waals surface area contributed by atoms with Gasteiger partial charge in [-0.05, 0) is 163 Å². The molecule has 26 nitrogen and oxygen atoms in total. The number of benzene rings is 3. The zero-order valence-electron chi connectivity index (χ0n) is 65.7. The van der Waals surface area contributed by atoms with E-state index in [2.05, 4.69) is 89.5 Å². The molecule has 0 bridgehead atoms. The molecule has 0 radical (unpaired) electrons. The molecular weight excluding hydrogens is 1400 g/mol. The monoisotopic (exact) mass is 1530 g/mol.